The highest BCUT2D eigenvalue weighted by molar-refractivity contribution is 5.76. The fourth-order valence-electron chi connectivity index (χ4n) is 9.63. The molecule has 9 heteroatoms. The summed E-state index contributed by atoms with van der Waals surface area (Å²) in [6, 6.07) is -0.837. The van der Waals surface area contributed by atoms with Crippen molar-refractivity contribution in [2.24, 2.45) is 0 Å². The lowest BCUT2D eigenvalue weighted by Gasteiger charge is -2.40. The van der Waals surface area contributed by atoms with Crippen molar-refractivity contribution in [1.82, 2.24) is 5.32 Å². The maximum absolute atomic E-state index is 13.1. The van der Waals surface area contributed by atoms with E-state index in [-0.39, 0.29) is 12.5 Å². The van der Waals surface area contributed by atoms with Crippen LogP contribution in [0.1, 0.15) is 271 Å². The molecule has 1 rings (SSSR count). The Morgan fingerprint density at radius 2 is 0.818 bits per heavy atom. The van der Waals surface area contributed by atoms with Gasteiger partial charge in [-0.1, -0.05) is 272 Å². The molecule has 77 heavy (non-hydrogen) atoms. The first-order chi connectivity index (χ1) is 37.8. The smallest absolute Gasteiger partial charge is 0.220 e. The maximum atomic E-state index is 13.1. The monoisotopic (exact) mass is 1080 g/mol. The molecule has 7 atom stereocenters. The van der Waals surface area contributed by atoms with Gasteiger partial charge in [0.2, 0.25) is 5.91 Å². The lowest BCUT2D eigenvalue weighted by Crippen LogP contribution is -2.60. The van der Waals surface area contributed by atoms with E-state index >= 15 is 0 Å². The van der Waals surface area contributed by atoms with Crippen molar-refractivity contribution in [3.63, 3.8) is 0 Å². The molecule has 0 saturated carbocycles. The summed E-state index contributed by atoms with van der Waals surface area (Å²) in [7, 11) is 0. The van der Waals surface area contributed by atoms with E-state index in [1.54, 1.807) is 6.08 Å². The minimum Gasteiger partial charge on any atom is -0.394 e. The Hall–Kier alpha value is -2.89. The SMILES string of the molecule is CC/C=C\C/C=C\C/C=C\C/C=C\C/C=C\CCCCCCCCCCCCCC(=O)NC(COC1OC(CO)C(O)C(O)C1O)C(O)/C=C/CC/C=C/CC/C=C/CCCCCCCCCCCCCCCCCCC. The molecule has 0 aromatic carbocycles. The highest BCUT2D eigenvalue weighted by atomic mass is 16.7. The molecule has 0 bridgehead atoms. The van der Waals surface area contributed by atoms with Gasteiger partial charge in [0.25, 0.3) is 0 Å². The Balaban J connectivity index is 2.23. The van der Waals surface area contributed by atoms with Crippen molar-refractivity contribution in [2.75, 3.05) is 13.2 Å². The molecule has 1 aliphatic rings. The molecule has 0 aliphatic carbocycles. The average molecular weight is 1080 g/mol. The van der Waals surface area contributed by atoms with E-state index in [9.17, 15) is 30.3 Å². The zero-order valence-corrected chi connectivity index (χ0v) is 49.4. The summed E-state index contributed by atoms with van der Waals surface area (Å²) in [5, 5.41) is 54.6. The summed E-state index contributed by atoms with van der Waals surface area (Å²) in [4.78, 5) is 13.1. The summed E-state index contributed by atoms with van der Waals surface area (Å²) in [6.07, 6.45) is 74.9. The highest BCUT2D eigenvalue weighted by Gasteiger charge is 2.44. The third-order valence-corrected chi connectivity index (χ3v) is 14.6. The van der Waals surface area contributed by atoms with Gasteiger partial charge >= 0.3 is 0 Å². The zero-order chi connectivity index (χ0) is 55.8. The molecule has 6 N–H and O–H groups in total. The van der Waals surface area contributed by atoms with Crippen LogP contribution < -0.4 is 5.32 Å². The van der Waals surface area contributed by atoms with Gasteiger partial charge in [-0.05, 0) is 89.9 Å². The van der Waals surface area contributed by atoms with Crippen LogP contribution in [0, 0.1) is 0 Å². The third kappa shape index (κ3) is 45.5. The number of aliphatic hydroxyl groups excluding tert-OH is 5. The molecule has 444 valence electrons. The molecule has 9 nitrogen and oxygen atoms in total. The van der Waals surface area contributed by atoms with Gasteiger partial charge in [-0.2, -0.15) is 0 Å². The lowest BCUT2D eigenvalue weighted by molar-refractivity contribution is -0.302. The molecular formula is C68H119NO8. The largest absolute Gasteiger partial charge is 0.394 e. The molecule has 0 spiro atoms. The molecule has 0 aromatic rings. The predicted molar refractivity (Wildman–Crippen MR) is 327 cm³/mol. The number of rotatable bonds is 54. The van der Waals surface area contributed by atoms with E-state index in [0.29, 0.717) is 6.42 Å². The number of hydrogen-bond donors (Lipinski definition) is 6. The average Bonchev–Trinajstić information content (AvgIpc) is 3.43. The Bertz CT molecular complexity index is 1530. The summed E-state index contributed by atoms with van der Waals surface area (Å²) >= 11 is 0. The molecule has 1 fully saturated rings. The normalized spacial score (nSPS) is 19.4. The first-order valence-electron chi connectivity index (χ1n) is 32.0. The second-order valence-electron chi connectivity index (χ2n) is 21.8. The number of carbonyl (C=O) groups excluding carboxylic acids is 1. The summed E-state index contributed by atoms with van der Waals surface area (Å²) in [5.41, 5.74) is 0. The Morgan fingerprint density at radius 3 is 1.25 bits per heavy atom. The van der Waals surface area contributed by atoms with Gasteiger partial charge in [0.05, 0.1) is 25.4 Å². The van der Waals surface area contributed by atoms with E-state index in [2.05, 4.69) is 104 Å². The first kappa shape index (κ1) is 72.1. The second kappa shape index (κ2) is 56.4. The topological polar surface area (TPSA) is 149 Å². The van der Waals surface area contributed by atoms with Gasteiger partial charge in [-0.3, -0.25) is 4.79 Å². The van der Waals surface area contributed by atoms with Gasteiger partial charge in [-0.15, -0.1) is 0 Å². The van der Waals surface area contributed by atoms with E-state index in [0.717, 1.165) is 89.9 Å². The Labute approximate surface area is 473 Å². The van der Waals surface area contributed by atoms with Crippen LogP contribution in [0.2, 0.25) is 0 Å². The third-order valence-electron chi connectivity index (χ3n) is 14.6. The Kier molecular flexibility index (Phi) is 52.8. The van der Waals surface area contributed by atoms with E-state index < -0.39 is 49.5 Å². The predicted octanol–water partition coefficient (Wildman–Crippen LogP) is 16.7. The fourth-order valence-corrected chi connectivity index (χ4v) is 9.63. The standard InChI is InChI=1S/C68H119NO8/c1-3-5-7-9-11-13-15-17-19-21-23-25-27-29-31-33-35-37-39-41-43-45-47-49-51-53-55-57-62(71)61(60-76-68-67(75)66(74)65(73)63(59-70)77-68)69-64(72)58-56-54-52-50-48-46-44-42-40-38-36-34-32-30-28-26-24-22-20-18-16-14-12-10-8-6-4-2/h6,8,12,14,18,20,24,26,30,32,39,41,47,49,55,57,61-63,65-68,70-71,73-75H,3-5,7,9-11,13,15-17,19,21-23,25,27-29,31,33-38,40,42-46,48,50-54,56,58-60H2,1-2H3,(H,69,72)/b8-6-,14-12-,20-18-,26-24-,32-30-,41-39+,49-47+,57-55+. The number of allylic oxidation sites excluding steroid dienone is 15. The molecule has 1 amide bonds. The van der Waals surface area contributed by atoms with Gasteiger partial charge in [0.1, 0.15) is 24.4 Å². The van der Waals surface area contributed by atoms with E-state index in [4.69, 9.17) is 9.47 Å². The van der Waals surface area contributed by atoms with Crippen LogP contribution in [0.3, 0.4) is 0 Å². The van der Waals surface area contributed by atoms with Gasteiger partial charge in [0.15, 0.2) is 6.29 Å². The van der Waals surface area contributed by atoms with Crippen molar-refractivity contribution < 1.29 is 39.8 Å². The number of aliphatic hydroxyl groups is 5. The zero-order valence-electron chi connectivity index (χ0n) is 49.4. The summed E-state index contributed by atoms with van der Waals surface area (Å²) < 4.78 is 11.3. The molecule has 1 saturated heterocycles. The van der Waals surface area contributed by atoms with Gasteiger partial charge in [0, 0.05) is 6.42 Å². The van der Waals surface area contributed by atoms with E-state index in [1.165, 1.54) is 161 Å². The lowest BCUT2D eigenvalue weighted by atomic mass is 9.99. The number of nitrogens with one attached hydrogen (secondary N) is 1. The van der Waals surface area contributed by atoms with Gasteiger partial charge < -0.3 is 40.3 Å². The number of hydrogen-bond acceptors (Lipinski definition) is 8. The van der Waals surface area contributed by atoms with Crippen LogP contribution in [0.15, 0.2) is 97.2 Å². The van der Waals surface area contributed by atoms with Crippen molar-refractivity contribution in [3.8, 4) is 0 Å². The number of ether oxygens (including phenoxy) is 2. The van der Waals surface area contributed by atoms with Crippen molar-refractivity contribution >= 4 is 5.91 Å². The van der Waals surface area contributed by atoms with Gasteiger partial charge in [-0.25, -0.2) is 0 Å². The van der Waals surface area contributed by atoms with E-state index in [1.807, 2.05) is 6.08 Å². The quantitative estimate of drug-likeness (QED) is 0.0261. The molecule has 1 heterocycles. The van der Waals surface area contributed by atoms with Crippen LogP contribution in [-0.4, -0.2) is 87.5 Å². The molecular weight excluding hydrogens is 959 g/mol. The fraction of sp³-hybridized carbons (Fsp3) is 0.750. The number of carbonyl (C=O) groups is 1. The molecule has 0 radical (unpaired) electrons. The molecule has 7 unspecified atom stereocenters. The van der Waals surface area contributed by atoms with Crippen LogP contribution in [0.25, 0.3) is 0 Å². The van der Waals surface area contributed by atoms with Crippen molar-refractivity contribution in [1.29, 1.82) is 0 Å². The highest BCUT2D eigenvalue weighted by Crippen LogP contribution is 2.23. The maximum Gasteiger partial charge on any atom is 0.220 e. The first-order valence-corrected chi connectivity index (χ1v) is 32.0. The molecule has 1 aliphatic heterocycles. The Morgan fingerprint density at radius 1 is 0.455 bits per heavy atom. The summed E-state index contributed by atoms with van der Waals surface area (Å²) in [6.45, 7) is 3.66. The van der Waals surface area contributed by atoms with Crippen molar-refractivity contribution in [2.45, 2.75) is 314 Å². The number of unbranched alkanes of at least 4 members (excludes halogenated alkanes) is 30. The molecule has 0 aromatic heterocycles. The second-order valence-corrected chi connectivity index (χ2v) is 21.8. The minimum atomic E-state index is -1.58. The van der Waals surface area contributed by atoms with Crippen LogP contribution in [0.5, 0.6) is 0 Å². The minimum absolute atomic E-state index is 0.196. The number of amides is 1. The van der Waals surface area contributed by atoms with Crippen LogP contribution in [-0.2, 0) is 14.3 Å². The van der Waals surface area contributed by atoms with Crippen LogP contribution >= 0.6 is 0 Å². The summed E-state index contributed by atoms with van der Waals surface area (Å²) in [5.74, 6) is -0.196. The van der Waals surface area contributed by atoms with Crippen molar-refractivity contribution in [3.05, 3.63) is 97.2 Å². The van der Waals surface area contributed by atoms with Crippen LogP contribution in [0.4, 0.5) is 0 Å².